The molecule has 6 nitrogen and oxygen atoms in total. The quantitative estimate of drug-likeness (QED) is 0.783. The maximum atomic E-state index is 12.5. The molecule has 0 bridgehead atoms. The molecule has 1 aromatic carbocycles. The summed E-state index contributed by atoms with van der Waals surface area (Å²) in [4.78, 5) is 25.0. The summed E-state index contributed by atoms with van der Waals surface area (Å²) in [5, 5.41) is 11.5. The number of urea groups is 1. The fraction of sp³-hybridized carbons (Fsp3) is 0.556. The number of carbonyl (C=O) groups is 2. The molecule has 132 valence electrons. The van der Waals surface area contributed by atoms with E-state index in [1.807, 2.05) is 29.2 Å². The predicted octanol–water partition coefficient (Wildman–Crippen LogP) is 3.19. The van der Waals surface area contributed by atoms with Crippen molar-refractivity contribution in [1.29, 1.82) is 0 Å². The first-order chi connectivity index (χ1) is 11.6. The summed E-state index contributed by atoms with van der Waals surface area (Å²) >= 11 is 0. The van der Waals surface area contributed by atoms with Crippen LogP contribution in [0.2, 0.25) is 0 Å². The zero-order chi connectivity index (χ0) is 17.4. The van der Waals surface area contributed by atoms with Gasteiger partial charge >= 0.3 is 12.0 Å². The molecule has 1 fully saturated rings. The van der Waals surface area contributed by atoms with Crippen LogP contribution in [0.5, 0.6) is 5.75 Å². The van der Waals surface area contributed by atoms with E-state index in [0.717, 1.165) is 43.5 Å². The van der Waals surface area contributed by atoms with Crippen LogP contribution < -0.4 is 10.1 Å². The lowest BCUT2D eigenvalue weighted by Gasteiger charge is -2.30. The summed E-state index contributed by atoms with van der Waals surface area (Å²) in [6.07, 6.45) is 4.67. The lowest BCUT2D eigenvalue weighted by molar-refractivity contribution is -0.137. The van der Waals surface area contributed by atoms with Crippen LogP contribution in [-0.4, -0.2) is 42.2 Å². The van der Waals surface area contributed by atoms with E-state index in [1.165, 1.54) is 0 Å². The van der Waals surface area contributed by atoms with E-state index in [9.17, 15) is 9.59 Å². The Labute approximate surface area is 142 Å². The maximum Gasteiger partial charge on any atom is 0.317 e. The molecule has 1 aliphatic heterocycles. The number of methoxy groups -OCH3 is 1. The first kappa shape index (κ1) is 18.1. The number of carboxylic acids is 1. The highest BCUT2D eigenvalue weighted by Crippen LogP contribution is 2.31. The number of benzene rings is 1. The van der Waals surface area contributed by atoms with Crippen LogP contribution in [0.15, 0.2) is 24.3 Å². The van der Waals surface area contributed by atoms with Crippen molar-refractivity contribution in [3.05, 3.63) is 29.8 Å². The third-order valence-corrected chi connectivity index (χ3v) is 4.36. The fourth-order valence-corrected chi connectivity index (χ4v) is 3.06. The molecule has 1 aliphatic rings. The van der Waals surface area contributed by atoms with E-state index in [4.69, 9.17) is 9.84 Å². The Morgan fingerprint density at radius 3 is 2.67 bits per heavy atom. The third kappa shape index (κ3) is 5.15. The van der Waals surface area contributed by atoms with Gasteiger partial charge in [-0.2, -0.15) is 0 Å². The Hall–Kier alpha value is -2.24. The topological polar surface area (TPSA) is 78.9 Å². The maximum absolute atomic E-state index is 12.5. The summed E-state index contributed by atoms with van der Waals surface area (Å²) in [6.45, 7) is 1.11. The highest BCUT2D eigenvalue weighted by Gasteiger charge is 2.26. The Kier molecular flexibility index (Phi) is 6.90. The van der Waals surface area contributed by atoms with Gasteiger partial charge in [-0.05, 0) is 37.0 Å². The van der Waals surface area contributed by atoms with E-state index in [1.54, 1.807) is 7.11 Å². The standard InChI is InChI=1S/C18H26N2O4/c1-24-15-10-8-14(9-11-15)16-6-3-2-4-13-20(16)18(23)19-12-5-7-17(21)22/h8-11,16H,2-7,12-13H2,1H3,(H,19,23)(H,21,22). The zero-order valence-electron chi connectivity index (χ0n) is 14.2. The second-order valence-corrected chi connectivity index (χ2v) is 6.06. The average Bonchev–Trinajstić information content (AvgIpc) is 2.84. The van der Waals surface area contributed by atoms with Gasteiger partial charge in [-0.3, -0.25) is 4.79 Å². The molecule has 1 saturated heterocycles. The molecule has 2 N–H and O–H groups in total. The summed E-state index contributed by atoms with van der Waals surface area (Å²) in [6, 6.07) is 7.81. The van der Waals surface area contributed by atoms with Gasteiger partial charge in [-0.1, -0.05) is 25.0 Å². The molecular weight excluding hydrogens is 308 g/mol. The number of nitrogens with one attached hydrogen (secondary N) is 1. The van der Waals surface area contributed by atoms with Crippen LogP contribution in [0.4, 0.5) is 4.79 Å². The summed E-state index contributed by atoms with van der Waals surface area (Å²) < 4.78 is 5.20. The highest BCUT2D eigenvalue weighted by atomic mass is 16.5. The molecule has 0 spiro atoms. The monoisotopic (exact) mass is 334 g/mol. The summed E-state index contributed by atoms with van der Waals surface area (Å²) in [5.74, 6) is -0.0350. The number of likely N-dealkylation sites (tertiary alicyclic amines) is 1. The van der Waals surface area contributed by atoms with E-state index >= 15 is 0 Å². The first-order valence-electron chi connectivity index (χ1n) is 8.52. The minimum atomic E-state index is -0.838. The number of carbonyl (C=O) groups excluding carboxylic acids is 1. The van der Waals surface area contributed by atoms with Crippen molar-refractivity contribution < 1.29 is 19.4 Å². The molecule has 2 amide bonds. The van der Waals surface area contributed by atoms with Crippen molar-refractivity contribution in [1.82, 2.24) is 10.2 Å². The molecule has 0 radical (unpaired) electrons. The predicted molar refractivity (Wildman–Crippen MR) is 91.2 cm³/mol. The Morgan fingerprint density at radius 2 is 2.00 bits per heavy atom. The SMILES string of the molecule is COc1ccc(C2CCCCCN2C(=O)NCCCC(=O)O)cc1. The number of hydrogen-bond donors (Lipinski definition) is 2. The molecule has 0 aromatic heterocycles. The van der Waals surface area contributed by atoms with E-state index < -0.39 is 5.97 Å². The molecule has 6 heteroatoms. The van der Waals surface area contributed by atoms with Gasteiger partial charge in [0.15, 0.2) is 0 Å². The van der Waals surface area contributed by atoms with Crippen molar-refractivity contribution in [3.63, 3.8) is 0 Å². The number of aliphatic carboxylic acids is 1. The van der Waals surface area contributed by atoms with E-state index in [2.05, 4.69) is 5.32 Å². The normalized spacial score (nSPS) is 17.9. The Bertz CT molecular complexity index is 544. The molecule has 1 aromatic rings. The number of rotatable bonds is 6. The smallest absolute Gasteiger partial charge is 0.317 e. The first-order valence-corrected chi connectivity index (χ1v) is 8.52. The van der Waals surface area contributed by atoms with Gasteiger partial charge in [0.2, 0.25) is 0 Å². The lowest BCUT2D eigenvalue weighted by Crippen LogP contribution is -2.42. The second-order valence-electron chi connectivity index (χ2n) is 6.06. The van der Waals surface area contributed by atoms with Gasteiger partial charge < -0.3 is 20.1 Å². The second kappa shape index (κ2) is 9.15. The third-order valence-electron chi connectivity index (χ3n) is 4.36. The molecule has 1 atom stereocenters. The van der Waals surface area contributed by atoms with Crippen molar-refractivity contribution in [2.24, 2.45) is 0 Å². The van der Waals surface area contributed by atoms with Crippen LogP contribution in [0.1, 0.15) is 50.1 Å². The van der Waals surface area contributed by atoms with Crippen LogP contribution in [-0.2, 0) is 4.79 Å². The fourth-order valence-electron chi connectivity index (χ4n) is 3.06. The largest absolute Gasteiger partial charge is 0.497 e. The van der Waals surface area contributed by atoms with Crippen molar-refractivity contribution in [2.75, 3.05) is 20.2 Å². The zero-order valence-corrected chi connectivity index (χ0v) is 14.2. The van der Waals surface area contributed by atoms with E-state index in [-0.39, 0.29) is 18.5 Å². The van der Waals surface area contributed by atoms with Crippen molar-refractivity contribution >= 4 is 12.0 Å². The van der Waals surface area contributed by atoms with Gasteiger partial charge in [0.1, 0.15) is 5.75 Å². The number of nitrogens with zero attached hydrogens (tertiary/aromatic N) is 1. The van der Waals surface area contributed by atoms with Crippen LogP contribution >= 0.6 is 0 Å². The number of ether oxygens (including phenoxy) is 1. The van der Waals surface area contributed by atoms with Crippen LogP contribution in [0, 0.1) is 0 Å². The molecule has 1 unspecified atom stereocenters. The minimum Gasteiger partial charge on any atom is -0.497 e. The Morgan fingerprint density at radius 1 is 1.25 bits per heavy atom. The van der Waals surface area contributed by atoms with Crippen LogP contribution in [0.25, 0.3) is 0 Å². The highest BCUT2D eigenvalue weighted by molar-refractivity contribution is 5.75. The molecule has 24 heavy (non-hydrogen) atoms. The number of hydrogen-bond acceptors (Lipinski definition) is 3. The van der Waals surface area contributed by atoms with Gasteiger partial charge in [0.05, 0.1) is 13.2 Å². The molecule has 1 heterocycles. The minimum absolute atomic E-state index is 0.0536. The lowest BCUT2D eigenvalue weighted by atomic mass is 10.0. The van der Waals surface area contributed by atoms with Crippen LogP contribution in [0.3, 0.4) is 0 Å². The summed E-state index contributed by atoms with van der Waals surface area (Å²) in [5.41, 5.74) is 1.11. The molecule has 0 aliphatic carbocycles. The van der Waals surface area contributed by atoms with Crippen molar-refractivity contribution in [2.45, 2.75) is 44.6 Å². The van der Waals surface area contributed by atoms with Gasteiger partial charge in [0, 0.05) is 19.5 Å². The van der Waals surface area contributed by atoms with Crippen molar-refractivity contribution in [3.8, 4) is 5.75 Å². The van der Waals surface area contributed by atoms with Gasteiger partial charge in [0.25, 0.3) is 0 Å². The average molecular weight is 334 g/mol. The number of amides is 2. The van der Waals surface area contributed by atoms with E-state index in [0.29, 0.717) is 13.0 Å². The molecular formula is C18H26N2O4. The number of carboxylic acid groups (broad SMARTS) is 1. The van der Waals surface area contributed by atoms with Gasteiger partial charge in [-0.15, -0.1) is 0 Å². The molecule has 0 saturated carbocycles. The Balaban J connectivity index is 2.02. The van der Waals surface area contributed by atoms with Gasteiger partial charge in [-0.25, -0.2) is 4.79 Å². The summed E-state index contributed by atoms with van der Waals surface area (Å²) in [7, 11) is 1.64. The molecule has 2 rings (SSSR count).